The van der Waals surface area contributed by atoms with Crippen LogP contribution in [0.25, 0.3) is 5.69 Å². The Morgan fingerprint density at radius 1 is 1.10 bits per heavy atom. The fraction of sp³-hybridized carbons (Fsp3) is 0.316. The Labute approximate surface area is 169 Å². The number of hydrogen-bond acceptors (Lipinski definition) is 6. The van der Waals surface area contributed by atoms with Crippen molar-refractivity contribution >= 4 is 11.7 Å². The van der Waals surface area contributed by atoms with E-state index in [2.05, 4.69) is 25.8 Å². The van der Waals surface area contributed by atoms with E-state index >= 15 is 0 Å². The zero-order chi connectivity index (χ0) is 21.1. The maximum atomic E-state index is 12.8. The fourth-order valence-corrected chi connectivity index (χ4v) is 3.39. The normalized spacial score (nSPS) is 15.2. The highest BCUT2D eigenvalue weighted by atomic mass is 19.4. The second-order valence-electron chi connectivity index (χ2n) is 6.91. The van der Waals surface area contributed by atoms with Gasteiger partial charge in [-0.2, -0.15) is 17.9 Å². The second-order valence-corrected chi connectivity index (χ2v) is 6.91. The van der Waals surface area contributed by atoms with Crippen molar-refractivity contribution in [3.05, 3.63) is 60.0 Å². The van der Waals surface area contributed by atoms with Crippen LogP contribution in [0.2, 0.25) is 0 Å². The van der Waals surface area contributed by atoms with Crippen LogP contribution in [-0.4, -0.2) is 50.2 Å². The number of aromatic nitrogens is 5. The van der Waals surface area contributed by atoms with E-state index in [-0.39, 0.29) is 11.9 Å². The number of para-hydroxylation sites is 1. The lowest BCUT2D eigenvalue weighted by molar-refractivity contribution is -0.137. The lowest BCUT2D eigenvalue weighted by Crippen LogP contribution is -2.45. The number of carbonyl (C=O) groups excluding carboxylic acids is 1. The zero-order valence-corrected chi connectivity index (χ0v) is 15.8. The van der Waals surface area contributed by atoms with E-state index < -0.39 is 11.7 Å². The minimum absolute atomic E-state index is 0.0508. The highest BCUT2D eigenvalue weighted by Crippen LogP contribution is 2.29. The number of carbonyl (C=O) groups is 1. The standard InChI is InChI=1S/C19H18F3N7O/c20-19(21,22)13-5-6-17(23-11-13)28-9-7-14(8-10-28)25-18(30)15-3-1-2-4-16(15)29-12-24-26-27-29/h1-6,11-12,14H,7-10H2,(H,25,30). The van der Waals surface area contributed by atoms with E-state index in [0.717, 1.165) is 12.3 Å². The molecule has 0 bridgehead atoms. The Balaban J connectivity index is 1.37. The molecule has 30 heavy (non-hydrogen) atoms. The number of piperidine rings is 1. The topological polar surface area (TPSA) is 88.8 Å². The van der Waals surface area contributed by atoms with Crippen LogP contribution in [0.5, 0.6) is 0 Å². The van der Waals surface area contributed by atoms with Crippen LogP contribution in [0.3, 0.4) is 0 Å². The number of nitrogens with zero attached hydrogens (tertiary/aromatic N) is 6. The maximum Gasteiger partial charge on any atom is 0.417 e. The molecule has 11 heteroatoms. The van der Waals surface area contributed by atoms with Gasteiger partial charge in [-0.25, -0.2) is 4.98 Å². The molecule has 1 amide bonds. The van der Waals surface area contributed by atoms with Gasteiger partial charge in [0.15, 0.2) is 0 Å². The van der Waals surface area contributed by atoms with Gasteiger partial charge in [-0.1, -0.05) is 12.1 Å². The van der Waals surface area contributed by atoms with Crippen molar-refractivity contribution in [2.45, 2.75) is 25.1 Å². The van der Waals surface area contributed by atoms with Gasteiger partial charge in [-0.05, 0) is 47.5 Å². The number of amides is 1. The smallest absolute Gasteiger partial charge is 0.356 e. The Hall–Kier alpha value is -3.50. The monoisotopic (exact) mass is 417 g/mol. The van der Waals surface area contributed by atoms with Crippen LogP contribution < -0.4 is 10.2 Å². The van der Waals surface area contributed by atoms with Crippen molar-refractivity contribution in [1.82, 2.24) is 30.5 Å². The van der Waals surface area contributed by atoms with Crippen LogP contribution >= 0.6 is 0 Å². The quantitative estimate of drug-likeness (QED) is 0.702. The molecule has 0 aliphatic carbocycles. The van der Waals surface area contributed by atoms with Crippen LogP contribution in [0, 0.1) is 0 Å². The molecular formula is C19H18F3N7O. The SMILES string of the molecule is O=C(NC1CCN(c2ccc(C(F)(F)F)cn2)CC1)c1ccccc1-n1cnnn1. The first-order valence-electron chi connectivity index (χ1n) is 9.33. The van der Waals surface area contributed by atoms with Crippen LogP contribution in [-0.2, 0) is 6.18 Å². The summed E-state index contributed by atoms with van der Waals surface area (Å²) in [6, 6.07) is 9.38. The molecule has 0 saturated carbocycles. The van der Waals surface area contributed by atoms with E-state index in [9.17, 15) is 18.0 Å². The molecule has 1 aliphatic heterocycles. The lowest BCUT2D eigenvalue weighted by Gasteiger charge is -2.33. The number of nitrogens with one attached hydrogen (secondary N) is 1. The second kappa shape index (κ2) is 8.09. The fourth-order valence-electron chi connectivity index (χ4n) is 3.39. The van der Waals surface area contributed by atoms with Crippen LogP contribution in [0.15, 0.2) is 48.9 Å². The molecule has 3 heterocycles. The number of hydrogen-bond donors (Lipinski definition) is 1. The molecule has 1 saturated heterocycles. The number of halogens is 3. The molecule has 2 aromatic heterocycles. The summed E-state index contributed by atoms with van der Waals surface area (Å²) in [5.74, 6) is 0.268. The molecule has 4 rings (SSSR count). The Morgan fingerprint density at radius 3 is 2.50 bits per heavy atom. The summed E-state index contributed by atoms with van der Waals surface area (Å²) in [6.45, 7) is 1.16. The molecule has 1 fully saturated rings. The van der Waals surface area contributed by atoms with Crippen molar-refractivity contribution in [3.63, 3.8) is 0 Å². The minimum Gasteiger partial charge on any atom is -0.356 e. The van der Waals surface area contributed by atoms with E-state index in [1.165, 1.54) is 17.1 Å². The average Bonchev–Trinajstić information content (AvgIpc) is 3.28. The van der Waals surface area contributed by atoms with Crippen LogP contribution in [0.1, 0.15) is 28.8 Å². The van der Waals surface area contributed by atoms with Crippen molar-refractivity contribution < 1.29 is 18.0 Å². The van der Waals surface area contributed by atoms with Gasteiger partial charge in [0.05, 0.1) is 16.8 Å². The third-order valence-corrected chi connectivity index (χ3v) is 4.97. The Bertz CT molecular complexity index is 998. The van der Waals surface area contributed by atoms with Crippen molar-refractivity contribution in [2.24, 2.45) is 0 Å². The van der Waals surface area contributed by atoms with Gasteiger partial charge in [0.1, 0.15) is 12.1 Å². The van der Waals surface area contributed by atoms with Gasteiger partial charge in [0.2, 0.25) is 0 Å². The molecule has 0 unspecified atom stereocenters. The molecule has 0 radical (unpaired) electrons. The van der Waals surface area contributed by atoms with Crippen molar-refractivity contribution in [1.29, 1.82) is 0 Å². The van der Waals surface area contributed by atoms with Crippen molar-refractivity contribution in [2.75, 3.05) is 18.0 Å². The summed E-state index contributed by atoms with van der Waals surface area (Å²) in [5, 5.41) is 14.0. The van der Waals surface area contributed by atoms with Gasteiger partial charge in [-0.3, -0.25) is 4.79 Å². The third kappa shape index (κ3) is 4.24. The largest absolute Gasteiger partial charge is 0.417 e. The molecule has 1 aliphatic rings. The summed E-state index contributed by atoms with van der Waals surface area (Å²) < 4.78 is 39.5. The van der Waals surface area contributed by atoms with Gasteiger partial charge in [0.25, 0.3) is 5.91 Å². The van der Waals surface area contributed by atoms with E-state index in [4.69, 9.17) is 0 Å². The Morgan fingerprint density at radius 2 is 1.87 bits per heavy atom. The van der Waals surface area contributed by atoms with Gasteiger partial charge in [-0.15, -0.1) is 5.10 Å². The molecule has 1 aromatic carbocycles. The number of rotatable bonds is 4. The van der Waals surface area contributed by atoms with Gasteiger partial charge in [0, 0.05) is 25.3 Å². The summed E-state index contributed by atoms with van der Waals surface area (Å²) in [6.07, 6.45) is -0.828. The molecule has 156 valence electrons. The number of alkyl halides is 3. The van der Waals surface area contributed by atoms with Gasteiger partial charge < -0.3 is 10.2 Å². The summed E-state index contributed by atoms with van der Waals surface area (Å²) >= 11 is 0. The molecular weight excluding hydrogens is 399 g/mol. The van der Waals surface area contributed by atoms with E-state index in [1.807, 2.05) is 4.90 Å². The first-order chi connectivity index (χ1) is 14.4. The molecule has 8 nitrogen and oxygen atoms in total. The molecule has 0 atom stereocenters. The summed E-state index contributed by atoms with van der Waals surface area (Å²) in [4.78, 5) is 18.6. The predicted molar refractivity (Wildman–Crippen MR) is 101 cm³/mol. The molecule has 1 N–H and O–H groups in total. The highest BCUT2D eigenvalue weighted by Gasteiger charge is 2.31. The van der Waals surface area contributed by atoms with Gasteiger partial charge >= 0.3 is 6.18 Å². The molecule has 3 aromatic rings. The van der Waals surface area contributed by atoms with E-state index in [1.54, 1.807) is 24.3 Å². The van der Waals surface area contributed by atoms with Crippen molar-refractivity contribution in [3.8, 4) is 5.69 Å². The number of anilines is 1. The summed E-state index contributed by atoms with van der Waals surface area (Å²) in [7, 11) is 0. The minimum atomic E-state index is -4.40. The summed E-state index contributed by atoms with van der Waals surface area (Å²) in [5.41, 5.74) is 0.262. The third-order valence-electron chi connectivity index (χ3n) is 4.97. The van der Waals surface area contributed by atoms with Crippen LogP contribution in [0.4, 0.5) is 19.0 Å². The lowest BCUT2D eigenvalue weighted by atomic mass is 10.0. The Kier molecular flexibility index (Phi) is 5.34. The number of tetrazole rings is 1. The maximum absolute atomic E-state index is 12.8. The zero-order valence-electron chi connectivity index (χ0n) is 15.8. The first-order valence-corrected chi connectivity index (χ1v) is 9.33. The molecule has 0 spiro atoms. The predicted octanol–water partition coefficient (Wildman–Crippen LogP) is 2.47. The first kappa shape index (κ1) is 19.8. The highest BCUT2D eigenvalue weighted by molar-refractivity contribution is 5.97. The number of pyridine rings is 1. The number of benzene rings is 1. The van der Waals surface area contributed by atoms with E-state index in [0.29, 0.717) is 43.0 Å². The average molecular weight is 417 g/mol.